The molecule has 0 saturated carbocycles. The molecule has 0 saturated heterocycles. The summed E-state index contributed by atoms with van der Waals surface area (Å²) < 4.78 is 21.7. The van der Waals surface area contributed by atoms with Gasteiger partial charge in [0.05, 0.1) is 12.7 Å². The second-order valence-corrected chi connectivity index (χ2v) is 8.16. The number of carbonyl (C=O) groups excluding carboxylic acids is 3. The Hall–Kier alpha value is -2.85. The molecule has 2 aliphatic heterocycles. The van der Waals surface area contributed by atoms with Gasteiger partial charge in [-0.05, 0) is 39.0 Å². The third-order valence-electron chi connectivity index (χ3n) is 4.86. The van der Waals surface area contributed by atoms with E-state index in [4.69, 9.17) is 24.7 Å². The molecule has 3 rings (SSSR count). The lowest BCUT2D eigenvalue weighted by Gasteiger charge is -2.35. The van der Waals surface area contributed by atoms with Gasteiger partial charge in [0.1, 0.15) is 28.9 Å². The highest BCUT2D eigenvalue weighted by Crippen LogP contribution is 2.53. The van der Waals surface area contributed by atoms with E-state index in [0.29, 0.717) is 15.7 Å². The minimum Gasteiger partial charge on any atom is -0.460 e. The molecule has 1 aromatic carbocycles. The number of rotatable bonds is 6. The number of nitrogens with one attached hydrogen (secondary N) is 1. The summed E-state index contributed by atoms with van der Waals surface area (Å²) >= 11 is 3.39. The Bertz CT molecular complexity index is 1010. The Morgan fingerprint density at radius 2 is 1.94 bits per heavy atom. The Morgan fingerprint density at radius 3 is 2.58 bits per heavy atom. The van der Waals surface area contributed by atoms with Gasteiger partial charge in [0, 0.05) is 22.8 Å². The summed E-state index contributed by atoms with van der Waals surface area (Å²) in [6, 6.07) is 5.03. The van der Waals surface area contributed by atoms with Crippen LogP contribution in [-0.4, -0.2) is 44.3 Å². The molecule has 0 bridgehead atoms. The maximum atomic E-state index is 13.5. The van der Waals surface area contributed by atoms with Crippen molar-refractivity contribution in [3.8, 4) is 0 Å². The number of esters is 2. The molecule has 1 atom stereocenters. The fourth-order valence-corrected chi connectivity index (χ4v) is 4.09. The number of nitrogens with two attached hydrogens (primary N) is 1. The number of halogens is 1. The molecule has 0 fully saturated rings. The van der Waals surface area contributed by atoms with Gasteiger partial charge in [0.2, 0.25) is 11.8 Å². The Kier molecular flexibility index (Phi) is 6.42. The van der Waals surface area contributed by atoms with Crippen molar-refractivity contribution in [2.24, 2.45) is 5.73 Å². The van der Waals surface area contributed by atoms with E-state index in [1.165, 1.54) is 14.0 Å². The van der Waals surface area contributed by atoms with E-state index in [-0.39, 0.29) is 36.0 Å². The number of anilines is 1. The molecule has 0 unspecified atom stereocenters. The topological polar surface area (TPSA) is 126 Å². The Balaban J connectivity index is 2.29. The van der Waals surface area contributed by atoms with Crippen LogP contribution in [0, 0.1) is 0 Å². The van der Waals surface area contributed by atoms with Crippen LogP contribution in [0.2, 0.25) is 0 Å². The highest BCUT2D eigenvalue weighted by Gasteiger charge is 2.62. The van der Waals surface area contributed by atoms with Crippen LogP contribution < -0.4 is 11.1 Å². The van der Waals surface area contributed by atoms with Crippen molar-refractivity contribution < 1.29 is 33.3 Å². The first kappa shape index (κ1) is 22.8. The molecule has 2 heterocycles. The SMILES string of the molecule is COCCOC(=O)C1=C(N)OC(C)=C(C(=O)OC(C)C)[C@@]12C(=O)Nc1ccc(Br)cc12. The lowest BCUT2D eigenvalue weighted by molar-refractivity contribution is -0.146. The normalized spacial score (nSPS) is 20.0. The fourth-order valence-electron chi connectivity index (χ4n) is 3.72. The monoisotopic (exact) mass is 494 g/mol. The molecule has 10 heteroatoms. The predicted octanol–water partition coefficient (Wildman–Crippen LogP) is 2.25. The molecule has 166 valence electrons. The van der Waals surface area contributed by atoms with Crippen LogP contribution in [0.25, 0.3) is 0 Å². The molecule has 1 aromatic rings. The highest BCUT2D eigenvalue weighted by atomic mass is 79.9. The van der Waals surface area contributed by atoms with Gasteiger partial charge in [-0.1, -0.05) is 15.9 Å². The summed E-state index contributed by atoms with van der Waals surface area (Å²) in [7, 11) is 1.46. The number of hydrogen-bond acceptors (Lipinski definition) is 8. The first-order valence-corrected chi connectivity index (χ1v) is 10.3. The molecule has 2 aliphatic rings. The van der Waals surface area contributed by atoms with Crippen LogP contribution in [0.1, 0.15) is 26.3 Å². The first-order chi connectivity index (χ1) is 14.6. The molecule has 1 spiro atoms. The second kappa shape index (κ2) is 8.72. The van der Waals surface area contributed by atoms with Gasteiger partial charge < -0.3 is 30.0 Å². The number of amides is 1. The minimum atomic E-state index is -1.90. The van der Waals surface area contributed by atoms with Crippen molar-refractivity contribution in [1.82, 2.24) is 0 Å². The zero-order chi connectivity index (χ0) is 22.9. The molecule has 1 amide bonds. The number of hydrogen-bond donors (Lipinski definition) is 2. The first-order valence-electron chi connectivity index (χ1n) is 9.52. The highest BCUT2D eigenvalue weighted by molar-refractivity contribution is 9.10. The standard InChI is InChI=1S/C21H23BrN2O7/c1-10(2)30-19(26)15-11(3)31-17(23)16(18(25)29-8-7-28-4)21(15)13-9-12(22)5-6-14(13)24-20(21)27/h5-6,9-10H,7-8,23H2,1-4H3,(H,24,27)/t21-/m1/s1. The van der Waals surface area contributed by atoms with Crippen molar-refractivity contribution in [2.75, 3.05) is 25.6 Å². The van der Waals surface area contributed by atoms with Crippen molar-refractivity contribution in [3.63, 3.8) is 0 Å². The molecule has 31 heavy (non-hydrogen) atoms. The zero-order valence-corrected chi connectivity index (χ0v) is 19.1. The molecule has 0 aliphatic carbocycles. The van der Waals surface area contributed by atoms with Crippen LogP contribution in [0.15, 0.2) is 45.5 Å². The molecule has 9 nitrogen and oxygen atoms in total. The Morgan fingerprint density at radius 1 is 1.23 bits per heavy atom. The summed E-state index contributed by atoms with van der Waals surface area (Å²) in [6.07, 6.45) is -0.475. The smallest absolute Gasteiger partial charge is 0.341 e. The van der Waals surface area contributed by atoms with Crippen molar-refractivity contribution in [2.45, 2.75) is 32.3 Å². The van der Waals surface area contributed by atoms with Crippen LogP contribution in [0.3, 0.4) is 0 Å². The predicted molar refractivity (Wildman–Crippen MR) is 114 cm³/mol. The van der Waals surface area contributed by atoms with Crippen molar-refractivity contribution >= 4 is 39.5 Å². The average molecular weight is 495 g/mol. The second-order valence-electron chi connectivity index (χ2n) is 7.25. The van der Waals surface area contributed by atoms with E-state index >= 15 is 0 Å². The van der Waals surface area contributed by atoms with Gasteiger partial charge in [-0.25, -0.2) is 9.59 Å². The zero-order valence-electron chi connectivity index (χ0n) is 17.5. The average Bonchev–Trinajstić information content (AvgIpc) is 2.93. The quantitative estimate of drug-likeness (QED) is 0.455. The summed E-state index contributed by atoms with van der Waals surface area (Å²) in [4.78, 5) is 39.8. The number of benzene rings is 1. The van der Waals surface area contributed by atoms with Gasteiger partial charge in [-0.2, -0.15) is 0 Å². The van der Waals surface area contributed by atoms with Crippen LogP contribution in [-0.2, 0) is 38.7 Å². The van der Waals surface area contributed by atoms with E-state index in [1.54, 1.807) is 32.0 Å². The van der Waals surface area contributed by atoms with Gasteiger partial charge in [0.15, 0.2) is 0 Å². The fraction of sp³-hybridized carbons (Fsp3) is 0.381. The van der Waals surface area contributed by atoms with Crippen LogP contribution >= 0.6 is 15.9 Å². The van der Waals surface area contributed by atoms with Gasteiger partial charge >= 0.3 is 11.9 Å². The van der Waals surface area contributed by atoms with E-state index < -0.39 is 29.4 Å². The van der Waals surface area contributed by atoms with Crippen LogP contribution in [0.5, 0.6) is 0 Å². The lowest BCUT2D eigenvalue weighted by atomic mass is 9.67. The van der Waals surface area contributed by atoms with E-state index in [9.17, 15) is 14.4 Å². The molecule has 0 radical (unpaired) electrons. The van der Waals surface area contributed by atoms with E-state index in [1.807, 2.05) is 0 Å². The molecule has 0 aromatic heterocycles. The summed E-state index contributed by atoms with van der Waals surface area (Å²) in [5, 5.41) is 2.74. The Labute approximate surface area is 187 Å². The lowest BCUT2D eigenvalue weighted by Crippen LogP contribution is -2.48. The van der Waals surface area contributed by atoms with E-state index in [2.05, 4.69) is 21.2 Å². The van der Waals surface area contributed by atoms with Gasteiger partial charge in [-0.15, -0.1) is 0 Å². The maximum absolute atomic E-state index is 13.5. The summed E-state index contributed by atoms with van der Waals surface area (Å²) in [6.45, 7) is 4.89. The van der Waals surface area contributed by atoms with Crippen LogP contribution in [0.4, 0.5) is 5.69 Å². The van der Waals surface area contributed by atoms with Crippen molar-refractivity contribution in [1.29, 1.82) is 0 Å². The summed E-state index contributed by atoms with van der Waals surface area (Å²) in [5.74, 6) is -2.62. The van der Waals surface area contributed by atoms with E-state index in [0.717, 1.165) is 0 Å². The number of allylic oxidation sites excluding steroid dienone is 1. The minimum absolute atomic E-state index is 0.0552. The van der Waals surface area contributed by atoms with Crippen molar-refractivity contribution in [3.05, 3.63) is 51.0 Å². The van der Waals surface area contributed by atoms with Gasteiger partial charge in [-0.3, -0.25) is 4.79 Å². The molecular weight excluding hydrogens is 472 g/mol. The molecule has 3 N–H and O–H groups in total. The maximum Gasteiger partial charge on any atom is 0.341 e. The number of methoxy groups -OCH3 is 1. The largest absolute Gasteiger partial charge is 0.460 e. The van der Waals surface area contributed by atoms with Gasteiger partial charge in [0.25, 0.3) is 0 Å². The third kappa shape index (κ3) is 3.81. The number of fused-ring (bicyclic) bond motifs is 2. The third-order valence-corrected chi connectivity index (χ3v) is 5.35. The number of ether oxygens (including phenoxy) is 4. The summed E-state index contributed by atoms with van der Waals surface area (Å²) in [5.41, 5.74) is 4.55. The number of carbonyl (C=O) groups is 3. The molecular formula is C21H23BrN2O7.